The van der Waals surface area contributed by atoms with Gasteiger partial charge in [0, 0.05) is 18.8 Å². The summed E-state index contributed by atoms with van der Waals surface area (Å²) in [5, 5.41) is 41.4. The largest absolute Gasteiger partial charge is 0.480 e. The van der Waals surface area contributed by atoms with Gasteiger partial charge in [0.05, 0.1) is 18.8 Å². The summed E-state index contributed by atoms with van der Waals surface area (Å²) in [6.45, 7) is 0.847. The van der Waals surface area contributed by atoms with E-state index in [-0.39, 0.29) is 62.9 Å². The second kappa shape index (κ2) is 25.5. The third kappa shape index (κ3) is 19.5. The van der Waals surface area contributed by atoms with Crippen molar-refractivity contribution in [2.45, 2.75) is 94.2 Å². The third-order valence-electron chi connectivity index (χ3n) is 7.14. The molecule has 0 radical (unpaired) electrons. The molecule has 0 aliphatic rings. The quantitative estimate of drug-likeness (QED) is 0.0169. The minimum absolute atomic E-state index is 0.0437. The summed E-state index contributed by atoms with van der Waals surface area (Å²) < 4.78 is 0. The summed E-state index contributed by atoms with van der Waals surface area (Å²) in [6.07, 6.45) is 0.237. The van der Waals surface area contributed by atoms with Gasteiger partial charge in [0.2, 0.25) is 29.5 Å². The van der Waals surface area contributed by atoms with Crippen molar-refractivity contribution in [3.63, 3.8) is 0 Å². The van der Waals surface area contributed by atoms with Gasteiger partial charge in [0.15, 0.2) is 11.9 Å². The summed E-state index contributed by atoms with van der Waals surface area (Å²) in [7, 11) is 0. The lowest BCUT2D eigenvalue weighted by Crippen LogP contribution is -2.61. The molecule has 0 aromatic rings. The van der Waals surface area contributed by atoms with E-state index in [1.54, 1.807) is 0 Å². The molecule has 0 aliphatic carbocycles. The van der Waals surface area contributed by atoms with Gasteiger partial charge in [-0.15, -0.1) is 0 Å². The smallest absolute Gasteiger partial charge is 0.326 e. The molecule has 0 unspecified atom stereocenters. The van der Waals surface area contributed by atoms with Crippen molar-refractivity contribution in [1.29, 1.82) is 0 Å². The minimum Gasteiger partial charge on any atom is -0.480 e. The highest BCUT2D eigenvalue weighted by molar-refractivity contribution is 7.80. The Morgan fingerprint density at radius 3 is 1.61 bits per heavy atom. The first-order valence-electron chi connectivity index (χ1n) is 16.2. The second-order valence-electron chi connectivity index (χ2n) is 11.5. The van der Waals surface area contributed by atoms with Crippen LogP contribution >= 0.6 is 12.6 Å². The van der Waals surface area contributed by atoms with Crippen LogP contribution in [0.2, 0.25) is 0 Å². The lowest BCUT2D eigenvalue weighted by Gasteiger charge is -2.27. The maximum absolute atomic E-state index is 13.4. The number of aliphatic carboxylic acids is 1. The van der Waals surface area contributed by atoms with Crippen LogP contribution < -0.4 is 61.0 Å². The van der Waals surface area contributed by atoms with E-state index in [9.17, 15) is 44.1 Å². The number of unbranched alkanes of at least 4 members (excludes halogenated alkanes) is 1. The first-order chi connectivity index (χ1) is 24.0. The number of guanidine groups is 2. The van der Waals surface area contributed by atoms with Crippen LogP contribution in [0.15, 0.2) is 9.98 Å². The maximum atomic E-state index is 13.4. The van der Waals surface area contributed by atoms with Gasteiger partial charge in [-0.3, -0.25) is 34.0 Å². The zero-order chi connectivity index (χ0) is 39.1. The van der Waals surface area contributed by atoms with E-state index >= 15 is 0 Å². The van der Waals surface area contributed by atoms with Gasteiger partial charge in [-0.05, 0) is 52.0 Å². The van der Waals surface area contributed by atoms with Crippen molar-refractivity contribution in [3.05, 3.63) is 0 Å². The number of thiol groups is 1. The zero-order valence-electron chi connectivity index (χ0n) is 28.6. The Kier molecular flexibility index (Phi) is 23.3. The topological polar surface area (TPSA) is 404 Å². The van der Waals surface area contributed by atoms with Crippen LogP contribution in [-0.4, -0.2) is 137 Å². The van der Waals surface area contributed by atoms with Crippen molar-refractivity contribution in [1.82, 2.24) is 26.6 Å². The van der Waals surface area contributed by atoms with E-state index in [4.69, 9.17) is 34.4 Å². The molecule has 292 valence electrons. The Morgan fingerprint density at radius 1 is 0.667 bits per heavy atom. The number of amides is 5. The van der Waals surface area contributed by atoms with Crippen molar-refractivity contribution in [2.75, 3.05) is 32.0 Å². The highest BCUT2D eigenvalue weighted by Gasteiger charge is 2.33. The van der Waals surface area contributed by atoms with Crippen molar-refractivity contribution < 1.29 is 44.1 Å². The predicted octanol–water partition coefficient (Wildman–Crippen LogP) is -6.64. The van der Waals surface area contributed by atoms with Gasteiger partial charge in [0.1, 0.15) is 30.2 Å². The highest BCUT2D eigenvalue weighted by atomic mass is 32.1. The van der Waals surface area contributed by atoms with Crippen LogP contribution in [0, 0.1) is 0 Å². The Morgan fingerprint density at radius 2 is 1.14 bits per heavy atom. The molecule has 0 saturated heterocycles. The molecule has 20 N–H and O–H groups in total. The molecule has 0 bridgehead atoms. The fourth-order valence-electron chi connectivity index (χ4n) is 4.31. The number of carbonyl (C=O) groups excluding carboxylic acids is 5. The van der Waals surface area contributed by atoms with Crippen LogP contribution in [0.4, 0.5) is 0 Å². The summed E-state index contributed by atoms with van der Waals surface area (Å²) in [6, 6.07) is -8.33. The van der Waals surface area contributed by atoms with Gasteiger partial charge in [-0.2, -0.15) is 12.6 Å². The van der Waals surface area contributed by atoms with E-state index in [1.165, 1.54) is 6.92 Å². The number of carboxylic acid groups (broad SMARTS) is 1. The summed E-state index contributed by atoms with van der Waals surface area (Å²) in [5.74, 6) is -6.65. The molecule has 23 heteroatoms. The van der Waals surface area contributed by atoms with Crippen LogP contribution in [-0.2, 0) is 28.8 Å². The molecule has 0 aliphatic heterocycles. The molecule has 0 aromatic heterocycles. The molecule has 51 heavy (non-hydrogen) atoms. The number of carbonyl (C=O) groups is 6. The van der Waals surface area contributed by atoms with Gasteiger partial charge in [-0.1, -0.05) is 6.42 Å². The number of hydrogen-bond acceptors (Lipinski definition) is 13. The van der Waals surface area contributed by atoms with Gasteiger partial charge >= 0.3 is 5.97 Å². The molecule has 22 nitrogen and oxygen atoms in total. The molecule has 0 saturated carbocycles. The van der Waals surface area contributed by atoms with Crippen LogP contribution in [0.5, 0.6) is 0 Å². The van der Waals surface area contributed by atoms with E-state index in [0.29, 0.717) is 19.4 Å². The molecule has 0 aromatic carbocycles. The zero-order valence-corrected chi connectivity index (χ0v) is 29.5. The number of carboxylic acids is 1. The van der Waals surface area contributed by atoms with E-state index < -0.39 is 84.5 Å². The normalized spacial score (nSPS) is 14.9. The van der Waals surface area contributed by atoms with E-state index in [0.717, 1.165) is 0 Å². The number of nitrogens with zero attached hydrogens (tertiary/aromatic N) is 2. The lowest BCUT2D eigenvalue weighted by molar-refractivity contribution is -0.142. The van der Waals surface area contributed by atoms with Crippen LogP contribution in [0.1, 0.15) is 51.9 Å². The minimum atomic E-state index is -1.65. The molecule has 0 spiro atoms. The molecule has 0 rings (SSSR count). The SMILES string of the molecule is C[C@@H](O)[C@H](NC(=O)[C@@H](N)CCCCN)C(=O)N[C@@H](CCCN=C(N)N)C(=O)N[C@@H](CO)C(=O)N[C@@H](CS)C(=O)N[C@@H](CCCN=C(N)N)C(=O)O. The molecular formula is C28H55N13O9S. The second-order valence-corrected chi connectivity index (χ2v) is 11.8. The number of aliphatic imine (C=N–C) groups is 2. The van der Waals surface area contributed by atoms with Crippen molar-refractivity contribution in [2.24, 2.45) is 44.4 Å². The van der Waals surface area contributed by atoms with Gasteiger partial charge in [-0.25, -0.2) is 4.79 Å². The Labute approximate surface area is 301 Å². The fourth-order valence-corrected chi connectivity index (χ4v) is 4.56. The van der Waals surface area contributed by atoms with Crippen LogP contribution in [0.25, 0.3) is 0 Å². The fraction of sp³-hybridized carbons (Fsp3) is 0.714. The number of nitrogens with one attached hydrogen (secondary N) is 5. The first-order valence-corrected chi connectivity index (χ1v) is 16.8. The van der Waals surface area contributed by atoms with Crippen LogP contribution in [0.3, 0.4) is 0 Å². The number of aliphatic hydroxyl groups is 2. The highest BCUT2D eigenvalue weighted by Crippen LogP contribution is 2.05. The summed E-state index contributed by atoms with van der Waals surface area (Å²) >= 11 is 4.05. The molecule has 0 heterocycles. The summed E-state index contributed by atoms with van der Waals surface area (Å²) in [4.78, 5) is 84.3. The van der Waals surface area contributed by atoms with Gasteiger partial charge < -0.3 is 76.3 Å². The van der Waals surface area contributed by atoms with Gasteiger partial charge in [0.25, 0.3) is 0 Å². The average molecular weight is 750 g/mol. The maximum Gasteiger partial charge on any atom is 0.326 e. The Balaban J connectivity index is 5.78. The van der Waals surface area contributed by atoms with Crippen molar-refractivity contribution in [3.8, 4) is 0 Å². The Bertz CT molecular complexity index is 1200. The summed E-state index contributed by atoms with van der Waals surface area (Å²) in [5.41, 5.74) is 32.5. The molecular weight excluding hydrogens is 694 g/mol. The number of hydrogen-bond donors (Lipinski definition) is 15. The number of nitrogens with two attached hydrogens (primary N) is 6. The molecule has 5 amide bonds. The third-order valence-corrected chi connectivity index (χ3v) is 7.50. The Hall–Kier alpha value is -4.45. The number of aliphatic hydroxyl groups excluding tert-OH is 2. The number of rotatable bonds is 26. The average Bonchev–Trinajstić information content (AvgIpc) is 3.06. The first kappa shape index (κ1) is 46.5. The predicted molar refractivity (Wildman–Crippen MR) is 191 cm³/mol. The lowest BCUT2D eigenvalue weighted by atomic mass is 10.1. The van der Waals surface area contributed by atoms with E-state index in [2.05, 4.69) is 49.2 Å². The van der Waals surface area contributed by atoms with Crippen molar-refractivity contribution >= 4 is 60.1 Å². The van der Waals surface area contributed by atoms with E-state index in [1.807, 2.05) is 0 Å². The molecule has 7 atom stereocenters. The molecule has 0 fully saturated rings. The standard InChI is InChI=1S/C28H55N13O9S/c1-14(43)20(41-21(44)15(30)6-2-3-9-29)25(48)37-16(7-4-10-35-27(31)32)22(45)39-18(12-42)23(46)40-19(13-51)24(47)38-17(26(49)50)8-5-11-36-28(33)34/h14-20,42-43,51H,2-13,29-30H2,1H3,(H,37,48)(H,38,47)(H,39,45)(H,40,46)(H,41,44)(H,49,50)(H4,31,32,35)(H4,33,34,36)/t14-,15+,16+,17+,18+,19+,20+/m1/s1. The monoisotopic (exact) mass is 749 g/mol.